The lowest BCUT2D eigenvalue weighted by atomic mass is 9.68. The molecule has 0 aliphatic heterocycles. The van der Waals surface area contributed by atoms with Crippen molar-refractivity contribution in [3.05, 3.63) is 11.1 Å². The predicted molar refractivity (Wildman–Crippen MR) is 75.7 cm³/mol. The summed E-state index contributed by atoms with van der Waals surface area (Å²) >= 11 is 1.19. The maximum Gasteiger partial charge on any atom is 0.360 e. The van der Waals surface area contributed by atoms with Gasteiger partial charge in [-0.3, -0.25) is 0 Å². The quantitative estimate of drug-likeness (QED) is 0.656. The van der Waals surface area contributed by atoms with E-state index >= 15 is 0 Å². The predicted octanol–water partition coefficient (Wildman–Crippen LogP) is 2.25. The Bertz CT molecular complexity index is 533. The van der Waals surface area contributed by atoms with Crippen molar-refractivity contribution in [1.82, 2.24) is 4.98 Å². The molecule has 0 unspecified atom stereocenters. The van der Waals surface area contributed by atoms with Crippen LogP contribution in [0.4, 0.5) is 5.13 Å². The molecule has 1 heterocycles. The Morgan fingerprint density at radius 1 is 1.45 bits per heavy atom. The van der Waals surface area contributed by atoms with E-state index in [1.165, 1.54) is 11.3 Å². The van der Waals surface area contributed by atoms with Crippen LogP contribution in [-0.4, -0.2) is 27.4 Å². The lowest BCUT2D eigenvalue weighted by Crippen LogP contribution is -2.41. The summed E-state index contributed by atoms with van der Waals surface area (Å²) in [7, 11) is 0. The van der Waals surface area contributed by atoms with Gasteiger partial charge in [0, 0.05) is 5.38 Å². The zero-order chi connectivity index (χ0) is 14.2. The summed E-state index contributed by atoms with van der Waals surface area (Å²) in [5.41, 5.74) is 5.36. The van der Waals surface area contributed by atoms with E-state index in [0.29, 0.717) is 5.13 Å². The maximum atomic E-state index is 11.3. The molecule has 0 spiro atoms. The van der Waals surface area contributed by atoms with Crippen molar-refractivity contribution < 1.29 is 14.7 Å². The first-order valence-electron chi connectivity index (χ1n) is 6.79. The number of fused-ring (bicyclic) bond motifs is 3. The summed E-state index contributed by atoms with van der Waals surface area (Å²) in [6, 6.07) is 0. The highest BCUT2D eigenvalue weighted by molar-refractivity contribution is 7.13. The number of hydrogen-bond donors (Lipinski definition) is 2. The third-order valence-electron chi connectivity index (χ3n) is 4.32. The second-order valence-corrected chi connectivity index (χ2v) is 6.46. The van der Waals surface area contributed by atoms with Crippen LogP contribution in [0, 0.1) is 5.92 Å². The van der Waals surface area contributed by atoms with E-state index in [9.17, 15) is 9.90 Å². The van der Waals surface area contributed by atoms with Crippen molar-refractivity contribution in [2.24, 2.45) is 11.1 Å². The van der Waals surface area contributed by atoms with Gasteiger partial charge in [0.25, 0.3) is 0 Å². The van der Waals surface area contributed by atoms with Gasteiger partial charge in [-0.2, -0.15) is 0 Å². The lowest BCUT2D eigenvalue weighted by molar-refractivity contribution is -0.131. The highest BCUT2D eigenvalue weighted by atomic mass is 32.1. The zero-order valence-corrected chi connectivity index (χ0v) is 11.9. The molecule has 108 valence electrons. The summed E-state index contributed by atoms with van der Waals surface area (Å²) in [5, 5.41) is 15.1. The fraction of sp³-hybridized carbons (Fsp3) is 0.615. The zero-order valence-electron chi connectivity index (χ0n) is 11.0. The molecule has 1 aromatic rings. The van der Waals surface area contributed by atoms with Gasteiger partial charge in [-0.05, 0) is 44.4 Å². The summed E-state index contributed by atoms with van der Waals surface area (Å²) < 4.78 is 0. The number of aromatic nitrogens is 1. The fourth-order valence-corrected chi connectivity index (χ4v) is 3.63. The van der Waals surface area contributed by atoms with Crippen LogP contribution in [0.3, 0.4) is 0 Å². The van der Waals surface area contributed by atoms with E-state index in [1.54, 1.807) is 5.38 Å². The Labute approximate surface area is 120 Å². The number of thiazole rings is 1. The van der Waals surface area contributed by atoms with Gasteiger partial charge in [0.05, 0.1) is 0 Å². The van der Waals surface area contributed by atoms with Gasteiger partial charge in [0.1, 0.15) is 11.3 Å². The van der Waals surface area contributed by atoms with Crippen LogP contribution in [0.5, 0.6) is 0 Å². The molecule has 3 aliphatic carbocycles. The number of carboxylic acids is 1. The van der Waals surface area contributed by atoms with Gasteiger partial charge in [0.15, 0.2) is 5.13 Å². The number of oxime groups is 1. The molecule has 3 saturated carbocycles. The van der Waals surface area contributed by atoms with Crippen molar-refractivity contribution in [2.45, 2.75) is 44.1 Å². The minimum absolute atomic E-state index is 0.167. The number of carboxylic acid groups (broad SMARTS) is 1. The number of nitrogens with zero attached hydrogens (tertiary/aromatic N) is 2. The average molecular weight is 295 g/mol. The standard InChI is InChI=1S/C13H17N3O3S/c14-12-15-9(7-20-12)10(11(17)18)16-19-13-4-1-8(2-5-13)3-6-13/h7-8H,1-6H2,(H2,14,15)(H,17,18). The normalized spacial score (nSPS) is 29.4. The Morgan fingerprint density at radius 2 is 2.10 bits per heavy atom. The molecule has 1 aromatic heterocycles. The van der Waals surface area contributed by atoms with E-state index in [0.717, 1.165) is 44.4 Å². The molecule has 7 heteroatoms. The number of carbonyl (C=O) groups is 1. The van der Waals surface area contributed by atoms with Crippen LogP contribution in [0.25, 0.3) is 0 Å². The number of aliphatic carboxylic acids is 1. The second kappa shape index (κ2) is 5.05. The minimum Gasteiger partial charge on any atom is -0.476 e. The molecule has 3 N–H and O–H groups in total. The third-order valence-corrected chi connectivity index (χ3v) is 5.00. The van der Waals surface area contributed by atoms with Crippen molar-refractivity contribution in [2.75, 3.05) is 5.73 Å². The Morgan fingerprint density at radius 3 is 2.60 bits per heavy atom. The van der Waals surface area contributed by atoms with Crippen LogP contribution < -0.4 is 5.73 Å². The first kappa shape index (κ1) is 13.4. The largest absolute Gasteiger partial charge is 0.476 e. The summed E-state index contributed by atoms with van der Waals surface area (Å²) in [4.78, 5) is 20.9. The van der Waals surface area contributed by atoms with Crippen LogP contribution in [-0.2, 0) is 9.63 Å². The van der Waals surface area contributed by atoms with Crippen molar-refractivity contribution in [3.63, 3.8) is 0 Å². The number of rotatable bonds is 4. The van der Waals surface area contributed by atoms with Gasteiger partial charge in [0.2, 0.25) is 5.71 Å². The maximum absolute atomic E-state index is 11.3. The van der Waals surface area contributed by atoms with Gasteiger partial charge in [-0.1, -0.05) is 5.16 Å². The number of nitrogen functional groups attached to an aromatic ring is 1. The Balaban J connectivity index is 1.79. The van der Waals surface area contributed by atoms with Gasteiger partial charge in [-0.15, -0.1) is 11.3 Å². The summed E-state index contributed by atoms with van der Waals surface area (Å²) in [6.45, 7) is 0. The molecule has 0 atom stereocenters. The smallest absolute Gasteiger partial charge is 0.360 e. The number of hydrogen-bond acceptors (Lipinski definition) is 6. The topological polar surface area (TPSA) is 97.8 Å². The molecule has 0 radical (unpaired) electrons. The molecule has 0 amide bonds. The molecule has 0 aromatic carbocycles. The van der Waals surface area contributed by atoms with Crippen molar-refractivity contribution in [3.8, 4) is 0 Å². The van der Waals surface area contributed by atoms with Crippen LogP contribution in [0.15, 0.2) is 10.5 Å². The SMILES string of the molecule is Nc1nc(C(=NOC23CCC(CC2)CC3)C(=O)O)cs1. The first-order valence-corrected chi connectivity index (χ1v) is 7.67. The van der Waals surface area contributed by atoms with Crippen molar-refractivity contribution in [1.29, 1.82) is 0 Å². The second-order valence-electron chi connectivity index (χ2n) is 5.57. The van der Waals surface area contributed by atoms with E-state index < -0.39 is 5.97 Å². The average Bonchev–Trinajstić information content (AvgIpc) is 2.87. The Kier molecular flexibility index (Phi) is 3.37. The van der Waals surface area contributed by atoms with E-state index in [-0.39, 0.29) is 17.0 Å². The summed E-state index contributed by atoms with van der Waals surface area (Å²) in [6.07, 6.45) is 6.36. The third kappa shape index (κ3) is 2.49. The van der Waals surface area contributed by atoms with Gasteiger partial charge < -0.3 is 15.7 Å². The molecule has 4 rings (SSSR count). The number of anilines is 1. The van der Waals surface area contributed by atoms with Gasteiger partial charge >= 0.3 is 5.97 Å². The lowest BCUT2D eigenvalue weighted by Gasteiger charge is -2.44. The molecule has 6 nitrogen and oxygen atoms in total. The molecule has 3 aliphatic rings. The van der Waals surface area contributed by atoms with E-state index in [4.69, 9.17) is 10.6 Å². The molecule has 20 heavy (non-hydrogen) atoms. The molecular formula is C13H17N3O3S. The Hall–Kier alpha value is -1.63. The fourth-order valence-electron chi connectivity index (χ4n) is 3.08. The highest BCUT2D eigenvalue weighted by Gasteiger charge is 2.43. The van der Waals surface area contributed by atoms with Crippen LogP contribution in [0.1, 0.15) is 44.2 Å². The van der Waals surface area contributed by atoms with Crippen LogP contribution in [0.2, 0.25) is 0 Å². The van der Waals surface area contributed by atoms with E-state index in [1.807, 2.05) is 0 Å². The minimum atomic E-state index is -1.14. The molecule has 0 saturated heterocycles. The molecule has 3 fully saturated rings. The van der Waals surface area contributed by atoms with E-state index in [2.05, 4.69) is 10.1 Å². The van der Waals surface area contributed by atoms with Crippen molar-refractivity contribution >= 4 is 28.1 Å². The monoisotopic (exact) mass is 295 g/mol. The van der Waals surface area contributed by atoms with Crippen LogP contribution >= 0.6 is 11.3 Å². The van der Waals surface area contributed by atoms with Gasteiger partial charge in [-0.25, -0.2) is 9.78 Å². The first-order chi connectivity index (χ1) is 9.58. The number of nitrogens with two attached hydrogens (primary N) is 1. The highest BCUT2D eigenvalue weighted by Crippen LogP contribution is 2.46. The molecule has 2 bridgehead atoms. The molecular weight excluding hydrogens is 278 g/mol. The summed E-state index contributed by atoms with van der Waals surface area (Å²) in [5.74, 6) is -0.321.